The maximum Gasteiger partial charge on any atom is 0.194 e. The standard InChI is InChI=1S/C7H9N3O/c1-4-5(2)9-6(3-11)10-7(4)8/h3H,1-2H3,(H2,8,9,10). The molecule has 0 bridgehead atoms. The van der Waals surface area contributed by atoms with Crippen LogP contribution in [0.3, 0.4) is 0 Å². The molecule has 0 fully saturated rings. The van der Waals surface area contributed by atoms with E-state index in [-0.39, 0.29) is 5.82 Å². The lowest BCUT2D eigenvalue weighted by atomic mass is 10.2. The van der Waals surface area contributed by atoms with E-state index in [4.69, 9.17) is 5.73 Å². The van der Waals surface area contributed by atoms with Gasteiger partial charge >= 0.3 is 0 Å². The highest BCUT2D eigenvalue weighted by Crippen LogP contribution is 2.09. The minimum Gasteiger partial charge on any atom is -0.383 e. The number of aldehydes is 1. The van der Waals surface area contributed by atoms with Crippen molar-refractivity contribution >= 4 is 12.1 Å². The first-order valence-electron chi connectivity index (χ1n) is 3.21. The van der Waals surface area contributed by atoms with Crippen molar-refractivity contribution in [2.24, 2.45) is 0 Å². The number of hydrogen-bond acceptors (Lipinski definition) is 4. The highest BCUT2D eigenvalue weighted by molar-refractivity contribution is 5.70. The molecule has 0 aliphatic carbocycles. The number of aromatic nitrogens is 2. The van der Waals surface area contributed by atoms with Crippen LogP contribution in [0.15, 0.2) is 0 Å². The van der Waals surface area contributed by atoms with E-state index < -0.39 is 0 Å². The monoisotopic (exact) mass is 151 g/mol. The Labute approximate surface area is 64.5 Å². The second-order valence-electron chi connectivity index (χ2n) is 2.30. The van der Waals surface area contributed by atoms with E-state index in [0.29, 0.717) is 12.1 Å². The lowest BCUT2D eigenvalue weighted by Gasteiger charge is -2.01. The topological polar surface area (TPSA) is 68.9 Å². The highest BCUT2D eigenvalue weighted by Gasteiger charge is 2.02. The fraction of sp³-hybridized carbons (Fsp3) is 0.286. The molecule has 4 heteroatoms. The zero-order valence-corrected chi connectivity index (χ0v) is 6.46. The third-order valence-corrected chi connectivity index (χ3v) is 1.55. The van der Waals surface area contributed by atoms with E-state index in [2.05, 4.69) is 9.97 Å². The Hall–Kier alpha value is -1.45. The molecule has 1 aromatic rings. The highest BCUT2D eigenvalue weighted by atomic mass is 16.1. The van der Waals surface area contributed by atoms with Crippen molar-refractivity contribution in [1.82, 2.24) is 9.97 Å². The van der Waals surface area contributed by atoms with Gasteiger partial charge in [-0.15, -0.1) is 0 Å². The molecule has 0 aliphatic rings. The van der Waals surface area contributed by atoms with Gasteiger partial charge in [-0.2, -0.15) is 0 Å². The number of nitrogens with two attached hydrogens (primary N) is 1. The Morgan fingerprint density at radius 1 is 1.36 bits per heavy atom. The molecule has 0 spiro atoms. The first-order valence-corrected chi connectivity index (χ1v) is 3.21. The van der Waals surface area contributed by atoms with Gasteiger partial charge in [0.2, 0.25) is 0 Å². The van der Waals surface area contributed by atoms with Crippen LogP contribution >= 0.6 is 0 Å². The van der Waals surface area contributed by atoms with Gasteiger partial charge in [0.25, 0.3) is 0 Å². The summed E-state index contributed by atoms with van der Waals surface area (Å²) >= 11 is 0. The summed E-state index contributed by atoms with van der Waals surface area (Å²) in [6.45, 7) is 3.61. The number of carbonyl (C=O) groups excluding carboxylic acids is 1. The molecule has 2 N–H and O–H groups in total. The fourth-order valence-corrected chi connectivity index (χ4v) is 0.726. The van der Waals surface area contributed by atoms with Gasteiger partial charge in [0, 0.05) is 11.3 Å². The first-order chi connectivity index (χ1) is 5.15. The predicted octanol–water partition coefficient (Wildman–Crippen LogP) is 0.488. The average Bonchev–Trinajstić information content (AvgIpc) is 1.99. The number of rotatable bonds is 1. The molecule has 0 saturated heterocycles. The second kappa shape index (κ2) is 2.65. The Bertz CT molecular complexity index is 273. The Morgan fingerprint density at radius 2 is 2.00 bits per heavy atom. The zero-order valence-electron chi connectivity index (χ0n) is 6.46. The van der Waals surface area contributed by atoms with Gasteiger partial charge in [-0.25, -0.2) is 9.97 Å². The van der Waals surface area contributed by atoms with E-state index in [1.54, 1.807) is 6.92 Å². The molecule has 0 aliphatic heterocycles. The number of nitrogen functional groups attached to an aromatic ring is 1. The summed E-state index contributed by atoms with van der Waals surface area (Å²) < 4.78 is 0. The van der Waals surface area contributed by atoms with E-state index in [0.717, 1.165) is 11.3 Å². The molecule has 1 heterocycles. The van der Waals surface area contributed by atoms with Crippen molar-refractivity contribution in [2.45, 2.75) is 13.8 Å². The minimum atomic E-state index is 0.144. The van der Waals surface area contributed by atoms with Crippen LogP contribution < -0.4 is 5.73 Å². The molecule has 0 radical (unpaired) electrons. The lowest BCUT2D eigenvalue weighted by molar-refractivity contribution is 0.111. The van der Waals surface area contributed by atoms with E-state index in [1.807, 2.05) is 6.92 Å². The number of hydrogen-bond donors (Lipinski definition) is 1. The molecule has 1 aromatic heterocycles. The Morgan fingerprint density at radius 3 is 2.45 bits per heavy atom. The molecular weight excluding hydrogens is 142 g/mol. The molecular formula is C7H9N3O. The van der Waals surface area contributed by atoms with Crippen molar-refractivity contribution in [3.8, 4) is 0 Å². The van der Waals surface area contributed by atoms with Gasteiger partial charge in [0.05, 0.1) is 0 Å². The van der Waals surface area contributed by atoms with Gasteiger partial charge in [0.1, 0.15) is 5.82 Å². The first kappa shape index (κ1) is 7.65. The normalized spacial score (nSPS) is 9.64. The molecule has 1 rings (SSSR count). The molecule has 4 nitrogen and oxygen atoms in total. The van der Waals surface area contributed by atoms with Crippen molar-refractivity contribution in [1.29, 1.82) is 0 Å². The van der Waals surface area contributed by atoms with Crippen LogP contribution in [0.25, 0.3) is 0 Å². The Balaban J connectivity index is 3.31. The van der Waals surface area contributed by atoms with E-state index in [1.165, 1.54) is 0 Å². The SMILES string of the molecule is Cc1nc(C=O)nc(N)c1C. The molecule has 11 heavy (non-hydrogen) atoms. The van der Waals surface area contributed by atoms with E-state index in [9.17, 15) is 4.79 Å². The third kappa shape index (κ3) is 1.34. The molecule has 0 atom stereocenters. The summed E-state index contributed by atoms with van der Waals surface area (Å²) in [6.07, 6.45) is 0.586. The number of carbonyl (C=O) groups is 1. The zero-order chi connectivity index (χ0) is 8.43. The third-order valence-electron chi connectivity index (χ3n) is 1.55. The smallest absolute Gasteiger partial charge is 0.194 e. The summed E-state index contributed by atoms with van der Waals surface area (Å²) in [5, 5.41) is 0. The number of nitrogens with zero attached hydrogens (tertiary/aromatic N) is 2. The van der Waals surface area contributed by atoms with Gasteiger partial charge < -0.3 is 5.73 Å². The van der Waals surface area contributed by atoms with Crippen LogP contribution in [0, 0.1) is 13.8 Å². The Kier molecular flexibility index (Phi) is 1.85. The predicted molar refractivity (Wildman–Crippen MR) is 41.3 cm³/mol. The van der Waals surface area contributed by atoms with Crippen LogP contribution in [0.4, 0.5) is 5.82 Å². The summed E-state index contributed by atoms with van der Waals surface area (Å²) in [5.41, 5.74) is 7.07. The van der Waals surface area contributed by atoms with Gasteiger partial charge in [0.15, 0.2) is 12.1 Å². The summed E-state index contributed by atoms with van der Waals surface area (Å²) in [6, 6.07) is 0. The molecule has 0 saturated carbocycles. The maximum absolute atomic E-state index is 10.2. The van der Waals surface area contributed by atoms with Crippen molar-refractivity contribution in [2.75, 3.05) is 5.73 Å². The summed E-state index contributed by atoms with van der Waals surface area (Å²) in [7, 11) is 0. The minimum absolute atomic E-state index is 0.144. The number of aryl methyl sites for hydroxylation is 1. The molecule has 0 unspecified atom stereocenters. The summed E-state index contributed by atoms with van der Waals surface area (Å²) in [5.74, 6) is 0.519. The lowest BCUT2D eigenvalue weighted by Crippen LogP contribution is -2.03. The van der Waals surface area contributed by atoms with Crippen molar-refractivity contribution in [3.05, 3.63) is 17.1 Å². The van der Waals surface area contributed by atoms with E-state index >= 15 is 0 Å². The summed E-state index contributed by atoms with van der Waals surface area (Å²) in [4.78, 5) is 17.9. The molecule has 0 amide bonds. The van der Waals surface area contributed by atoms with Crippen LogP contribution in [0.5, 0.6) is 0 Å². The average molecular weight is 151 g/mol. The van der Waals surface area contributed by atoms with Crippen molar-refractivity contribution < 1.29 is 4.79 Å². The molecule has 58 valence electrons. The van der Waals surface area contributed by atoms with Crippen LogP contribution in [-0.2, 0) is 0 Å². The van der Waals surface area contributed by atoms with Crippen LogP contribution in [-0.4, -0.2) is 16.3 Å². The maximum atomic E-state index is 10.2. The fourth-order valence-electron chi connectivity index (χ4n) is 0.726. The van der Waals surface area contributed by atoms with Crippen LogP contribution in [0.1, 0.15) is 21.9 Å². The van der Waals surface area contributed by atoms with Gasteiger partial charge in [-0.1, -0.05) is 0 Å². The van der Waals surface area contributed by atoms with Gasteiger partial charge in [-0.05, 0) is 13.8 Å². The van der Waals surface area contributed by atoms with Crippen LogP contribution in [0.2, 0.25) is 0 Å². The van der Waals surface area contributed by atoms with Gasteiger partial charge in [-0.3, -0.25) is 4.79 Å². The second-order valence-corrected chi connectivity index (χ2v) is 2.30. The number of anilines is 1. The van der Waals surface area contributed by atoms with Crippen molar-refractivity contribution in [3.63, 3.8) is 0 Å². The largest absolute Gasteiger partial charge is 0.383 e. The quantitative estimate of drug-likeness (QED) is 0.593. The molecule has 0 aromatic carbocycles.